The number of amides is 1. The van der Waals surface area contributed by atoms with Gasteiger partial charge in [0, 0.05) is 72.2 Å². The van der Waals surface area contributed by atoms with Gasteiger partial charge in [-0.1, -0.05) is 59.6 Å². The monoisotopic (exact) mass is 703 g/mol. The van der Waals surface area contributed by atoms with Crippen molar-refractivity contribution in [1.82, 2.24) is 25.9 Å². The molecule has 2 aromatic carbocycles. The van der Waals surface area contributed by atoms with Crippen molar-refractivity contribution in [2.75, 3.05) is 20.3 Å². The number of aliphatic carboxylic acids is 1. The number of carboxylic acid groups (broad SMARTS) is 1. The van der Waals surface area contributed by atoms with Crippen LogP contribution in [0.5, 0.6) is 5.88 Å². The van der Waals surface area contributed by atoms with Gasteiger partial charge in [-0.2, -0.15) is 0 Å². The van der Waals surface area contributed by atoms with Crippen LogP contribution in [0.3, 0.4) is 0 Å². The lowest BCUT2D eigenvalue weighted by Gasteiger charge is -2.28. The highest BCUT2D eigenvalue weighted by Crippen LogP contribution is 2.42. The predicted octanol–water partition coefficient (Wildman–Crippen LogP) is 5.96. The molecule has 1 saturated heterocycles. The largest absolute Gasteiger partial charge is 0.481 e. The van der Waals surface area contributed by atoms with Gasteiger partial charge in [0.25, 0.3) is 0 Å². The second-order valence-corrected chi connectivity index (χ2v) is 13.2. The minimum absolute atomic E-state index is 0.0819. The Morgan fingerprint density at radius 1 is 1.06 bits per heavy atom. The fraction of sp³-hybridized carbons (Fsp3) is 0.351. The van der Waals surface area contributed by atoms with Crippen LogP contribution in [0.1, 0.15) is 54.8 Å². The highest BCUT2D eigenvalue weighted by atomic mass is 35.5. The van der Waals surface area contributed by atoms with Crippen molar-refractivity contribution in [2.45, 2.75) is 63.2 Å². The van der Waals surface area contributed by atoms with Crippen LogP contribution < -0.4 is 20.7 Å². The number of carboxylic acids is 1. The Labute approximate surface area is 295 Å². The molecule has 49 heavy (non-hydrogen) atoms. The minimum Gasteiger partial charge on any atom is -0.481 e. The maximum absolute atomic E-state index is 11.6. The molecule has 5 N–H and O–H groups in total. The third kappa shape index (κ3) is 7.74. The first-order valence-corrected chi connectivity index (χ1v) is 17.2. The lowest BCUT2D eigenvalue weighted by molar-refractivity contribution is -0.140. The van der Waals surface area contributed by atoms with Gasteiger partial charge in [-0.3, -0.25) is 14.6 Å². The number of nitrogens with one attached hydrogen (secondary N) is 3. The van der Waals surface area contributed by atoms with Crippen molar-refractivity contribution in [1.29, 1.82) is 0 Å². The van der Waals surface area contributed by atoms with Gasteiger partial charge in [-0.05, 0) is 61.4 Å². The molecule has 6 rings (SSSR count). The van der Waals surface area contributed by atoms with E-state index in [1.807, 2.05) is 36.4 Å². The Hall–Kier alpha value is -4.06. The van der Waals surface area contributed by atoms with Crippen LogP contribution in [0.2, 0.25) is 10.0 Å². The number of aromatic nitrogens is 2. The van der Waals surface area contributed by atoms with Crippen LogP contribution in [-0.4, -0.2) is 64.4 Å². The van der Waals surface area contributed by atoms with Crippen molar-refractivity contribution in [3.8, 4) is 39.5 Å². The van der Waals surface area contributed by atoms with Gasteiger partial charge in [0.2, 0.25) is 11.8 Å². The summed E-state index contributed by atoms with van der Waals surface area (Å²) >= 11 is 14.2. The number of fused-ring (bicyclic) bond motifs is 1. The lowest BCUT2D eigenvalue weighted by atomic mass is 9.86. The quantitative estimate of drug-likeness (QED) is 0.114. The fourth-order valence-corrected chi connectivity index (χ4v) is 7.33. The number of aryl methyl sites for hydroxylation is 1. The van der Waals surface area contributed by atoms with Crippen molar-refractivity contribution in [3.63, 3.8) is 0 Å². The first-order chi connectivity index (χ1) is 23.8. The second-order valence-electron chi connectivity index (χ2n) is 12.4. The first-order valence-electron chi connectivity index (χ1n) is 16.5. The van der Waals surface area contributed by atoms with Gasteiger partial charge in [-0.15, -0.1) is 0 Å². The molecule has 0 bridgehead atoms. The predicted molar refractivity (Wildman–Crippen MR) is 190 cm³/mol. The summed E-state index contributed by atoms with van der Waals surface area (Å²) in [6.07, 6.45) is 6.38. The van der Waals surface area contributed by atoms with E-state index in [0.717, 1.165) is 48.9 Å². The molecule has 1 fully saturated rings. The van der Waals surface area contributed by atoms with E-state index >= 15 is 0 Å². The number of rotatable bonds is 13. The number of carbonyl (C=O) groups excluding carboxylic acids is 1. The van der Waals surface area contributed by atoms with Crippen molar-refractivity contribution in [3.05, 3.63) is 87.5 Å². The maximum Gasteiger partial charge on any atom is 0.320 e. The van der Waals surface area contributed by atoms with E-state index in [2.05, 4.69) is 44.1 Å². The molecule has 3 atom stereocenters. The summed E-state index contributed by atoms with van der Waals surface area (Å²) in [6.45, 7) is 0.706. The molecule has 2 aliphatic rings. The number of hydrogen-bond donors (Lipinski definition) is 5. The van der Waals surface area contributed by atoms with Crippen molar-refractivity contribution >= 4 is 35.1 Å². The molecule has 0 unspecified atom stereocenters. The number of ether oxygens (including phenoxy) is 1. The molecule has 3 heterocycles. The Morgan fingerprint density at radius 2 is 1.88 bits per heavy atom. The number of hydrogen-bond acceptors (Lipinski definition) is 8. The molecule has 1 amide bonds. The highest BCUT2D eigenvalue weighted by molar-refractivity contribution is 6.39. The summed E-state index contributed by atoms with van der Waals surface area (Å²) in [5, 5.41) is 29.2. The standard InChI is InChI=1S/C37H39Cl2N5O5/c1-49-36-23(19-41-31(15-17-45)37(47)48)9-12-30(44-36)28-6-3-5-26(33(28)38)27-14-16-40-35(34(27)39)22-8-11-25-21(18-22)4-2-7-29(25)42-20-24-10-13-32(46)43-24/h3,5-6,8-9,11-12,14,16,18,24,29,31,41-42,45H,2,4,7,10,13,15,17,19-20H2,1H3,(H,43,46)(H,47,48)/t24-,29+,31-/m1/s1. The summed E-state index contributed by atoms with van der Waals surface area (Å²) in [7, 11) is 1.50. The Kier molecular flexibility index (Phi) is 11.1. The third-order valence-electron chi connectivity index (χ3n) is 9.27. The number of pyridine rings is 2. The molecular weight excluding hydrogens is 665 g/mol. The van der Waals surface area contributed by atoms with Gasteiger partial charge < -0.3 is 30.9 Å². The summed E-state index contributed by atoms with van der Waals surface area (Å²) in [5.41, 5.74) is 7.55. The summed E-state index contributed by atoms with van der Waals surface area (Å²) in [5.74, 6) is -0.581. The zero-order chi connectivity index (χ0) is 34.5. The SMILES string of the molecule is COc1nc(-c2cccc(-c3ccnc(-c4ccc5c(c4)CCC[C@@H]5NC[C@H]4CCC(=O)N4)c3Cl)c2Cl)ccc1CN[C@H](CCO)C(=O)O. The summed E-state index contributed by atoms with van der Waals surface area (Å²) < 4.78 is 5.55. The average molecular weight is 705 g/mol. The molecule has 256 valence electrons. The second kappa shape index (κ2) is 15.7. The van der Waals surface area contributed by atoms with Gasteiger partial charge in [-0.25, -0.2) is 4.98 Å². The molecule has 0 spiro atoms. The number of carbonyl (C=O) groups is 2. The molecule has 1 aliphatic carbocycles. The molecule has 0 radical (unpaired) electrons. The third-order valence-corrected chi connectivity index (χ3v) is 10.1. The van der Waals surface area contributed by atoms with E-state index in [9.17, 15) is 19.8 Å². The number of benzene rings is 2. The maximum atomic E-state index is 11.6. The topological polar surface area (TPSA) is 146 Å². The average Bonchev–Trinajstić information content (AvgIpc) is 3.53. The summed E-state index contributed by atoms with van der Waals surface area (Å²) in [4.78, 5) is 32.5. The normalized spacial score (nSPS) is 17.8. The van der Waals surface area contributed by atoms with Crippen molar-refractivity contribution < 1.29 is 24.5 Å². The zero-order valence-corrected chi connectivity index (χ0v) is 28.7. The van der Waals surface area contributed by atoms with Crippen LogP contribution in [0, 0.1) is 0 Å². The fourth-order valence-electron chi connectivity index (χ4n) is 6.69. The number of methoxy groups -OCH3 is 1. The number of aliphatic hydroxyl groups is 1. The first kappa shape index (κ1) is 34.8. The molecule has 4 aromatic rings. The van der Waals surface area contributed by atoms with Crippen LogP contribution in [0.25, 0.3) is 33.6 Å². The van der Waals surface area contributed by atoms with E-state index in [4.69, 9.17) is 27.9 Å². The van der Waals surface area contributed by atoms with Gasteiger partial charge in [0.05, 0.1) is 28.5 Å². The van der Waals surface area contributed by atoms with E-state index < -0.39 is 12.0 Å². The van der Waals surface area contributed by atoms with Crippen LogP contribution in [-0.2, 0) is 22.6 Å². The van der Waals surface area contributed by atoms with Gasteiger partial charge in [0.1, 0.15) is 6.04 Å². The van der Waals surface area contributed by atoms with Gasteiger partial charge >= 0.3 is 5.97 Å². The molecular formula is C37H39Cl2N5O5. The Bertz CT molecular complexity index is 1850. The molecule has 1 aliphatic heterocycles. The van der Waals surface area contributed by atoms with E-state index in [0.29, 0.717) is 44.9 Å². The molecule has 0 saturated carbocycles. The number of halogens is 2. The Morgan fingerprint density at radius 3 is 2.63 bits per heavy atom. The van der Waals surface area contributed by atoms with Crippen LogP contribution in [0.4, 0.5) is 0 Å². The number of aliphatic hydroxyl groups excluding tert-OH is 1. The van der Waals surface area contributed by atoms with Crippen LogP contribution in [0.15, 0.2) is 60.8 Å². The Balaban J connectivity index is 1.24. The molecule has 10 nitrogen and oxygen atoms in total. The van der Waals surface area contributed by atoms with Crippen molar-refractivity contribution in [2.24, 2.45) is 0 Å². The van der Waals surface area contributed by atoms with Crippen LogP contribution >= 0.6 is 23.2 Å². The number of nitrogens with zero attached hydrogens (tertiary/aromatic N) is 2. The molecule has 2 aromatic heterocycles. The van der Waals surface area contributed by atoms with E-state index in [1.165, 1.54) is 18.2 Å². The highest BCUT2D eigenvalue weighted by Gasteiger charge is 2.26. The molecule has 12 heteroatoms. The summed E-state index contributed by atoms with van der Waals surface area (Å²) in [6, 6.07) is 17.1. The smallest absolute Gasteiger partial charge is 0.320 e. The zero-order valence-electron chi connectivity index (χ0n) is 27.1. The van der Waals surface area contributed by atoms with E-state index in [-0.39, 0.29) is 37.6 Å². The lowest BCUT2D eigenvalue weighted by Crippen LogP contribution is -2.38. The van der Waals surface area contributed by atoms with E-state index in [1.54, 1.807) is 6.20 Å². The minimum atomic E-state index is -1.04. The van der Waals surface area contributed by atoms with Gasteiger partial charge in [0.15, 0.2) is 0 Å².